The summed E-state index contributed by atoms with van der Waals surface area (Å²) in [5.74, 6) is -0.725. The van der Waals surface area contributed by atoms with Gasteiger partial charge in [0.2, 0.25) is 11.7 Å². The van der Waals surface area contributed by atoms with E-state index in [-0.39, 0.29) is 11.8 Å². The van der Waals surface area contributed by atoms with E-state index in [0.717, 1.165) is 44.4 Å². The highest BCUT2D eigenvalue weighted by atomic mass is 32.2. The van der Waals surface area contributed by atoms with Crippen LogP contribution in [0.5, 0.6) is 0 Å². The summed E-state index contributed by atoms with van der Waals surface area (Å²) < 4.78 is 0. The van der Waals surface area contributed by atoms with Gasteiger partial charge in [-0.05, 0) is 18.3 Å². The fraction of sp³-hybridized carbons (Fsp3) is 0.778. The van der Waals surface area contributed by atoms with Gasteiger partial charge in [-0.15, -0.1) is 5.10 Å². The predicted molar refractivity (Wildman–Crippen MR) is 104 cm³/mol. The zero-order valence-electron chi connectivity index (χ0n) is 16.1. The van der Waals surface area contributed by atoms with E-state index in [4.69, 9.17) is 0 Å². The standard InChI is InChI=1S/C18H30N4O3S/c1-18(2,3)14(19-15(24)12-8-6-5-7-9-12)13(23)16(25)20-21-17-22(4)10-11-26-17/h12,14H,5-11H2,1-4H3,(H,19,24)(H,20,25)/b21-17-/t14-/m1/s1. The van der Waals surface area contributed by atoms with Crippen molar-refractivity contribution in [2.24, 2.45) is 16.4 Å². The molecule has 26 heavy (non-hydrogen) atoms. The number of carbonyl (C=O) groups is 3. The van der Waals surface area contributed by atoms with Crippen molar-refractivity contribution in [1.29, 1.82) is 0 Å². The van der Waals surface area contributed by atoms with Gasteiger partial charge in [0.15, 0.2) is 5.17 Å². The monoisotopic (exact) mass is 382 g/mol. The van der Waals surface area contributed by atoms with Crippen LogP contribution in [0, 0.1) is 11.3 Å². The minimum atomic E-state index is -0.869. The second-order valence-corrected chi connectivity index (χ2v) is 9.17. The number of amidine groups is 1. The number of nitrogens with zero attached hydrogens (tertiary/aromatic N) is 2. The number of rotatable bonds is 5. The Bertz CT molecular complexity index is 579. The minimum absolute atomic E-state index is 0.0618. The van der Waals surface area contributed by atoms with Crippen LogP contribution >= 0.6 is 11.8 Å². The van der Waals surface area contributed by atoms with Crippen LogP contribution in [0.15, 0.2) is 5.10 Å². The second kappa shape index (κ2) is 8.88. The van der Waals surface area contributed by atoms with Gasteiger partial charge >= 0.3 is 5.91 Å². The zero-order chi connectivity index (χ0) is 19.3. The summed E-state index contributed by atoms with van der Waals surface area (Å²) in [5, 5.41) is 7.55. The van der Waals surface area contributed by atoms with E-state index in [1.807, 2.05) is 32.7 Å². The quantitative estimate of drug-likeness (QED) is 0.558. The Morgan fingerprint density at radius 3 is 2.38 bits per heavy atom. The minimum Gasteiger partial charge on any atom is -0.352 e. The molecular formula is C18H30N4O3S. The van der Waals surface area contributed by atoms with Crippen LogP contribution < -0.4 is 10.7 Å². The predicted octanol–water partition coefficient (Wildman–Crippen LogP) is 1.73. The van der Waals surface area contributed by atoms with Crippen molar-refractivity contribution < 1.29 is 14.4 Å². The van der Waals surface area contributed by atoms with Gasteiger partial charge in [0, 0.05) is 25.3 Å². The molecule has 2 N–H and O–H groups in total. The van der Waals surface area contributed by atoms with Crippen LogP contribution in [-0.4, -0.2) is 53.1 Å². The molecule has 0 radical (unpaired) electrons. The molecule has 0 aromatic rings. The van der Waals surface area contributed by atoms with Crippen molar-refractivity contribution in [3.63, 3.8) is 0 Å². The summed E-state index contributed by atoms with van der Waals surface area (Å²) in [4.78, 5) is 39.5. The Hall–Kier alpha value is -1.57. The number of amides is 2. The Balaban J connectivity index is 2.01. The summed E-state index contributed by atoms with van der Waals surface area (Å²) in [6, 6.07) is -0.869. The van der Waals surface area contributed by atoms with Crippen LogP contribution in [0.4, 0.5) is 0 Å². The van der Waals surface area contributed by atoms with E-state index in [0.29, 0.717) is 5.17 Å². The molecule has 0 unspecified atom stereocenters. The molecule has 0 aromatic carbocycles. The number of thioether (sulfide) groups is 1. The lowest BCUT2D eigenvalue weighted by molar-refractivity contribution is -0.142. The van der Waals surface area contributed by atoms with Gasteiger partial charge in [-0.1, -0.05) is 51.8 Å². The Morgan fingerprint density at radius 2 is 1.85 bits per heavy atom. The number of hydrazone groups is 1. The van der Waals surface area contributed by atoms with Crippen molar-refractivity contribution in [3.8, 4) is 0 Å². The van der Waals surface area contributed by atoms with Crippen molar-refractivity contribution in [2.45, 2.75) is 58.9 Å². The molecule has 8 heteroatoms. The van der Waals surface area contributed by atoms with Gasteiger partial charge in [-0.2, -0.15) is 0 Å². The number of ketones is 1. The first-order valence-electron chi connectivity index (χ1n) is 9.26. The molecular weight excluding hydrogens is 352 g/mol. The zero-order valence-corrected chi connectivity index (χ0v) is 16.9. The first-order valence-corrected chi connectivity index (χ1v) is 10.2. The highest BCUT2D eigenvalue weighted by Gasteiger charge is 2.38. The molecule has 2 amide bonds. The third-order valence-electron chi connectivity index (χ3n) is 4.85. The van der Waals surface area contributed by atoms with Gasteiger partial charge < -0.3 is 10.2 Å². The topological polar surface area (TPSA) is 90.9 Å². The molecule has 0 spiro atoms. The maximum atomic E-state index is 12.7. The SMILES string of the molecule is CN1CCS/C1=N\NC(=O)C(=O)[C@@H](NC(=O)C1CCCCC1)C(C)(C)C. The number of nitrogens with one attached hydrogen (secondary N) is 2. The number of Topliss-reactive ketones (excluding diaryl/α,β-unsaturated/α-hetero) is 1. The molecule has 2 fully saturated rings. The molecule has 1 saturated heterocycles. The average molecular weight is 383 g/mol. The van der Waals surface area contributed by atoms with Gasteiger partial charge in [0.05, 0.1) is 0 Å². The summed E-state index contributed by atoms with van der Waals surface area (Å²) in [6.07, 6.45) is 4.92. The molecule has 146 valence electrons. The lowest BCUT2D eigenvalue weighted by Gasteiger charge is -2.31. The van der Waals surface area contributed by atoms with Gasteiger partial charge in [-0.25, -0.2) is 5.43 Å². The molecule has 1 saturated carbocycles. The molecule has 1 aliphatic carbocycles. The average Bonchev–Trinajstić information content (AvgIpc) is 3.01. The van der Waals surface area contributed by atoms with Crippen LogP contribution in [0.1, 0.15) is 52.9 Å². The first kappa shape index (κ1) is 20.7. The largest absolute Gasteiger partial charge is 0.352 e. The molecule has 1 heterocycles. The molecule has 0 bridgehead atoms. The van der Waals surface area contributed by atoms with E-state index >= 15 is 0 Å². The van der Waals surface area contributed by atoms with Crippen LogP contribution in [0.25, 0.3) is 0 Å². The fourth-order valence-electron chi connectivity index (χ4n) is 3.18. The van der Waals surface area contributed by atoms with Crippen LogP contribution in [0.3, 0.4) is 0 Å². The maximum Gasteiger partial charge on any atom is 0.309 e. The lowest BCUT2D eigenvalue weighted by atomic mass is 9.82. The third kappa shape index (κ3) is 5.46. The molecule has 2 aliphatic rings. The Labute approximate surface area is 159 Å². The van der Waals surface area contributed by atoms with Crippen LogP contribution in [-0.2, 0) is 14.4 Å². The first-order chi connectivity index (χ1) is 12.2. The summed E-state index contributed by atoms with van der Waals surface area (Å²) in [5.41, 5.74) is 1.78. The van der Waals surface area contributed by atoms with E-state index in [1.165, 1.54) is 11.8 Å². The van der Waals surface area contributed by atoms with Crippen molar-refractivity contribution in [1.82, 2.24) is 15.6 Å². The number of carbonyl (C=O) groups excluding carboxylic acids is 3. The maximum absolute atomic E-state index is 12.7. The van der Waals surface area contributed by atoms with Crippen molar-refractivity contribution in [3.05, 3.63) is 0 Å². The Morgan fingerprint density at radius 1 is 1.19 bits per heavy atom. The van der Waals surface area contributed by atoms with Crippen LogP contribution in [0.2, 0.25) is 0 Å². The van der Waals surface area contributed by atoms with Gasteiger partial charge in [0.25, 0.3) is 0 Å². The van der Waals surface area contributed by atoms with Crippen molar-refractivity contribution >= 4 is 34.5 Å². The van der Waals surface area contributed by atoms with Crippen molar-refractivity contribution in [2.75, 3.05) is 19.3 Å². The Kier molecular flexibility index (Phi) is 7.08. The summed E-state index contributed by atoms with van der Waals surface area (Å²) in [7, 11) is 1.88. The highest BCUT2D eigenvalue weighted by Crippen LogP contribution is 2.26. The van der Waals surface area contributed by atoms with E-state index < -0.39 is 23.1 Å². The highest BCUT2D eigenvalue weighted by molar-refractivity contribution is 8.14. The molecule has 1 atom stereocenters. The van der Waals surface area contributed by atoms with E-state index in [2.05, 4.69) is 15.8 Å². The number of hydrogen-bond acceptors (Lipinski definition) is 5. The third-order valence-corrected chi connectivity index (χ3v) is 5.90. The summed E-state index contributed by atoms with van der Waals surface area (Å²) in [6.45, 7) is 6.39. The van der Waals surface area contributed by atoms with Gasteiger partial charge in [-0.3, -0.25) is 14.4 Å². The molecule has 7 nitrogen and oxygen atoms in total. The smallest absolute Gasteiger partial charge is 0.309 e. The van der Waals surface area contributed by atoms with E-state index in [1.54, 1.807) is 0 Å². The lowest BCUT2D eigenvalue weighted by Crippen LogP contribution is -2.54. The van der Waals surface area contributed by atoms with Gasteiger partial charge in [0.1, 0.15) is 6.04 Å². The second-order valence-electron chi connectivity index (χ2n) is 8.11. The summed E-state index contributed by atoms with van der Waals surface area (Å²) >= 11 is 1.53. The molecule has 2 rings (SSSR count). The number of hydrogen-bond donors (Lipinski definition) is 2. The van der Waals surface area contributed by atoms with E-state index in [9.17, 15) is 14.4 Å². The normalized spacial score (nSPS) is 21.5. The molecule has 0 aromatic heterocycles. The molecule has 1 aliphatic heterocycles. The fourth-order valence-corrected chi connectivity index (χ4v) is 4.15.